The first-order valence-corrected chi connectivity index (χ1v) is 11.8. The topological polar surface area (TPSA) is 60.0 Å². The number of halogens is 1. The maximum Gasteiger partial charge on any atom is 0.222 e. The average Bonchev–Trinajstić information content (AvgIpc) is 3.16. The van der Waals surface area contributed by atoms with E-state index in [4.69, 9.17) is 4.99 Å². The highest BCUT2D eigenvalue weighted by molar-refractivity contribution is 14.0. The number of hydrogen-bond acceptors (Lipinski definition) is 3. The van der Waals surface area contributed by atoms with Crippen LogP contribution in [0.3, 0.4) is 0 Å². The van der Waals surface area contributed by atoms with E-state index in [0.717, 1.165) is 57.6 Å². The van der Waals surface area contributed by atoms with E-state index in [-0.39, 0.29) is 29.9 Å². The van der Waals surface area contributed by atoms with Crippen molar-refractivity contribution in [2.24, 2.45) is 4.99 Å². The Kier molecular flexibility index (Phi) is 11.6. The quantitative estimate of drug-likeness (QED) is 0.217. The van der Waals surface area contributed by atoms with Crippen molar-refractivity contribution in [2.75, 3.05) is 32.7 Å². The van der Waals surface area contributed by atoms with Crippen LogP contribution in [0.1, 0.15) is 63.5 Å². The van der Waals surface area contributed by atoms with Crippen LogP contribution in [0.25, 0.3) is 0 Å². The van der Waals surface area contributed by atoms with E-state index < -0.39 is 0 Å². The van der Waals surface area contributed by atoms with Crippen LogP contribution < -0.4 is 10.6 Å². The Morgan fingerprint density at radius 1 is 1.10 bits per heavy atom. The summed E-state index contributed by atoms with van der Waals surface area (Å²) in [6, 6.07) is 9.22. The molecule has 2 aliphatic rings. The molecule has 7 heteroatoms. The van der Waals surface area contributed by atoms with Crippen LogP contribution in [-0.4, -0.2) is 60.4 Å². The van der Waals surface area contributed by atoms with Gasteiger partial charge in [0.1, 0.15) is 0 Å². The number of rotatable bonds is 9. The number of guanidine groups is 1. The summed E-state index contributed by atoms with van der Waals surface area (Å²) in [7, 11) is 0. The van der Waals surface area contributed by atoms with Gasteiger partial charge in [0, 0.05) is 45.2 Å². The largest absolute Gasteiger partial charge is 0.357 e. The minimum Gasteiger partial charge on any atom is -0.357 e. The van der Waals surface area contributed by atoms with Gasteiger partial charge in [-0.3, -0.25) is 4.79 Å². The first kappa shape index (κ1) is 25.9. The van der Waals surface area contributed by atoms with Gasteiger partial charge in [0.15, 0.2) is 5.96 Å². The highest BCUT2D eigenvalue weighted by Crippen LogP contribution is 2.16. The van der Waals surface area contributed by atoms with E-state index >= 15 is 0 Å². The Labute approximate surface area is 205 Å². The molecule has 0 spiro atoms. The summed E-state index contributed by atoms with van der Waals surface area (Å²) in [6.07, 6.45) is 6.88. The molecule has 2 N–H and O–H groups in total. The van der Waals surface area contributed by atoms with Crippen molar-refractivity contribution in [1.29, 1.82) is 0 Å². The van der Waals surface area contributed by atoms with Gasteiger partial charge in [0.05, 0.1) is 6.54 Å². The molecule has 0 radical (unpaired) electrons. The lowest BCUT2D eigenvalue weighted by atomic mass is 10.0. The molecule has 2 saturated heterocycles. The molecule has 2 fully saturated rings. The normalized spacial score (nSPS) is 19.9. The van der Waals surface area contributed by atoms with Gasteiger partial charge < -0.3 is 20.4 Å². The second-order valence-electron chi connectivity index (χ2n) is 8.59. The van der Waals surface area contributed by atoms with Gasteiger partial charge >= 0.3 is 0 Å². The van der Waals surface area contributed by atoms with Crippen LogP contribution in [-0.2, 0) is 17.9 Å². The molecule has 0 aromatic heterocycles. The predicted molar refractivity (Wildman–Crippen MR) is 139 cm³/mol. The minimum atomic E-state index is 0. The first-order valence-electron chi connectivity index (χ1n) is 11.8. The molecule has 0 aliphatic carbocycles. The fourth-order valence-corrected chi connectivity index (χ4v) is 4.33. The highest BCUT2D eigenvalue weighted by atomic mass is 127. The summed E-state index contributed by atoms with van der Waals surface area (Å²) in [4.78, 5) is 21.1. The number of carbonyl (C=O) groups excluding carboxylic acids is 1. The van der Waals surface area contributed by atoms with Crippen molar-refractivity contribution in [3.8, 4) is 0 Å². The molecule has 3 rings (SSSR count). The van der Waals surface area contributed by atoms with Gasteiger partial charge in [0.2, 0.25) is 5.91 Å². The number of hydrogen-bond donors (Lipinski definition) is 2. The van der Waals surface area contributed by atoms with Crippen LogP contribution in [0.2, 0.25) is 0 Å². The van der Waals surface area contributed by atoms with Crippen molar-refractivity contribution in [3.05, 3.63) is 35.4 Å². The van der Waals surface area contributed by atoms with Crippen LogP contribution in [0.4, 0.5) is 0 Å². The summed E-state index contributed by atoms with van der Waals surface area (Å²) in [5, 5.41) is 6.82. The number of amides is 1. The zero-order valence-corrected chi connectivity index (χ0v) is 21.6. The van der Waals surface area contributed by atoms with Crippen molar-refractivity contribution in [1.82, 2.24) is 20.4 Å². The fourth-order valence-electron chi connectivity index (χ4n) is 4.33. The molecular formula is C24H40IN5O. The maximum atomic E-state index is 11.8. The molecule has 31 heavy (non-hydrogen) atoms. The first-order chi connectivity index (χ1) is 14.7. The van der Waals surface area contributed by atoms with Crippen LogP contribution in [0.5, 0.6) is 0 Å². The lowest BCUT2D eigenvalue weighted by Gasteiger charge is -2.33. The number of carbonyl (C=O) groups is 1. The zero-order valence-electron chi connectivity index (χ0n) is 19.2. The molecule has 0 bridgehead atoms. The van der Waals surface area contributed by atoms with Crippen molar-refractivity contribution < 1.29 is 4.79 Å². The number of piperidine rings is 1. The van der Waals surface area contributed by atoms with Gasteiger partial charge in [-0.2, -0.15) is 0 Å². The van der Waals surface area contributed by atoms with Crippen LogP contribution >= 0.6 is 24.0 Å². The molecule has 1 atom stereocenters. The Hall–Kier alpha value is -1.35. The van der Waals surface area contributed by atoms with Gasteiger partial charge in [0.25, 0.3) is 0 Å². The third kappa shape index (κ3) is 8.60. The molecule has 1 aromatic rings. The van der Waals surface area contributed by atoms with E-state index in [1.54, 1.807) is 0 Å². The summed E-state index contributed by atoms with van der Waals surface area (Å²) >= 11 is 0. The summed E-state index contributed by atoms with van der Waals surface area (Å²) in [5.41, 5.74) is 2.38. The van der Waals surface area contributed by atoms with Crippen molar-refractivity contribution in [3.63, 3.8) is 0 Å². The maximum absolute atomic E-state index is 11.8. The molecule has 6 nitrogen and oxygen atoms in total. The standard InChI is InChI=1S/C24H39N5O.HI/c1-3-25-24(26-14-7-17-28-15-5-4-8-20(28)2)27-18-21-10-12-22(13-11-21)19-29-16-6-9-23(29)30;/h10-13,20H,3-9,14-19H2,1-2H3,(H2,25,26,27);1H. The lowest BCUT2D eigenvalue weighted by molar-refractivity contribution is -0.128. The third-order valence-corrected chi connectivity index (χ3v) is 6.19. The van der Waals surface area contributed by atoms with E-state index in [2.05, 4.69) is 53.6 Å². The third-order valence-electron chi connectivity index (χ3n) is 6.19. The van der Waals surface area contributed by atoms with Gasteiger partial charge in [-0.05, 0) is 57.2 Å². The van der Waals surface area contributed by atoms with E-state index in [1.165, 1.54) is 36.9 Å². The molecule has 2 heterocycles. The fraction of sp³-hybridized carbons (Fsp3) is 0.667. The van der Waals surface area contributed by atoms with Crippen molar-refractivity contribution >= 4 is 35.8 Å². The zero-order chi connectivity index (χ0) is 21.2. The van der Waals surface area contributed by atoms with E-state index in [9.17, 15) is 4.79 Å². The van der Waals surface area contributed by atoms with E-state index in [0.29, 0.717) is 13.0 Å². The monoisotopic (exact) mass is 541 g/mol. The summed E-state index contributed by atoms with van der Waals surface area (Å²) in [6.45, 7) is 10.9. The average molecular weight is 542 g/mol. The number of nitrogens with zero attached hydrogens (tertiary/aromatic N) is 3. The Balaban J connectivity index is 0.00000341. The summed E-state index contributed by atoms with van der Waals surface area (Å²) < 4.78 is 0. The van der Waals surface area contributed by atoms with Gasteiger partial charge in [-0.15, -0.1) is 24.0 Å². The molecular weight excluding hydrogens is 501 g/mol. The minimum absolute atomic E-state index is 0. The number of benzene rings is 1. The smallest absolute Gasteiger partial charge is 0.222 e. The molecule has 174 valence electrons. The lowest BCUT2D eigenvalue weighted by Crippen LogP contribution is -2.41. The Bertz CT molecular complexity index is 694. The highest BCUT2D eigenvalue weighted by Gasteiger charge is 2.20. The SMILES string of the molecule is CCNC(=NCc1ccc(CN2CCCC2=O)cc1)NCCCN1CCCCC1C.I. The van der Waals surface area contributed by atoms with Gasteiger partial charge in [-0.25, -0.2) is 4.99 Å². The van der Waals surface area contributed by atoms with Crippen molar-refractivity contribution in [2.45, 2.75) is 71.5 Å². The van der Waals surface area contributed by atoms with Gasteiger partial charge in [-0.1, -0.05) is 30.7 Å². The van der Waals surface area contributed by atoms with Crippen LogP contribution in [0.15, 0.2) is 29.3 Å². The number of likely N-dealkylation sites (tertiary alicyclic amines) is 2. The van der Waals surface area contributed by atoms with Crippen LogP contribution in [0, 0.1) is 0 Å². The second-order valence-corrected chi connectivity index (χ2v) is 8.59. The predicted octanol–water partition coefficient (Wildman–Crippen LogP) is 3.75. The molecule has 2 aliphatic heterocycles. The molecule has 0 saturated carbocycles. The Morgan fingerprint density at radius 2 is 1.87 bits per heavy atom. The molecule has 1 aromatic carbocycles. The Morgan fingerprint density at radius 3 is 2.55 bits per heavy atom. The molecule has 1 unspecified atom stereocenters. The second kappa shape index (κ2) is 13.9. The van der Waals surface area contributed by atoms with E-state index in [1.807, 2.05) is 4.90 Å². The number of aliphatic imine (C=N–C) groups is 1. The molecule has 1 amide bonds. The number of nitrogens with one attached hydrogen (secondary N) is 2. The summed E-state index contributed by atoms with van der Waals surface area (Å²) in [5.74, 6) is 1.16.